The van der Waals surface area contributed by atoms with Crippen molar-refractivity contribution < 1.29 is 19.1 Å². The maximum atomic E-state index is 13.5. The number of ether oxygens (including phenoxy) is 2. The molecule has 0 unspecified atom stereocenters. The van der Waals surface area contributed by atoms with Crippen LogP contribution in [0.3, 0.4) is 0 Å². The predicted molar refractivity (Wildman–Crippen MR) is 123 cm³/mol. The molecule has 0 fully saturated rings. The Morgan fingerprint density at radius 2 is 1.62 bits per heavy atom. The molecule has 3 aromatic carbocycles. The number of aryl methyl sites for hydroxylation is 1. The Kier molecular flexibility index (Phi) is 5.07. The smallest absolute Gasteiger partial charge is 0.282 e. The number of fused-ring (bicyclic) bond motifs is 1. The van der Waals surface area contributed by atoms with Crippen molar-refractivity contribution >= 4 is 40.4 Å². The standard InChI is InChI=1S/C25H19ClN2O4/c1-15-7-9-18(14-19(15)26)28-24(29)22(16-5-3-2-4-6-16)23(25(28)30)27-17-8-10-20-21(13-17)32-12-11-31-20/h2-10,13-14,27H,11-12H2,1H3. The summed E-state index contributed by atoms with van der Waals surface area (Å²) >= 11 is 6.27. The van der Waals surface area contributed by atoms with Crippen LogP contribution in [0.2, 0.25) is 5.02 Å². The second-order valence-corrected chi connectivity index (χ2v) is 7.89. The topological polar surface area (TPSA) is 67.9 Å². The summed E-state index contributed by atoms with van der Waals surface area (Å²) in [4.78, 5) is 28.1. The number of anilines is 2. The lowest BCUT2D eigenvalue weighted by atomic mass is 10.0. The highest BCUT2D eigenvalue weighted by molar-refractivity contribution is 6.46. The number of halogens is 1. The molecule has 7 heteroatoms. The van der Waals surface area contributed by atoms with E-state index in [9.17, 15) is 9.59 Å². The van der Waals surface area contributed by atoms with E-state index < -0.39 is 11.8 Å². The minimum absolute atomic E-state index is 0.189. The minimum Gasteiger partial charge on any atom is -0.486 e. The molecule has 0 bridgehead atoms. The van der Waals surface area contributed by atoms with Gasteiger partial charge >= 0.3 is 0 Å². The van der Waals surface area contributed by atoms with Crippen molar-refractivity contribution in [3.63, 3.8) is 0 Å². The number of nitrogens with one attached hydrogen (secondary N) is 1. The first-order valence-electron chi connectivity index (χ1n) is 10.1. The van der Waals surface area contributed by atoms with Gasteiger partial charge in [-0.2, -0.15) is 0 Å². The van der Waals surface area contributed by atoms with Crippen molar-refractivity contribution in [2.45, 2.75) is 6.92 Å². The number of hydrogen-bond donors (Lipinski definition) is 1. The molecular weight excluding hydrogens is 428 g/mol. The van der Waals surface area contributed by atoms with Crippen LogP contribution in [0, 0.1) is 6.92 Å². The van der Waals surface area contributed by atoms with Gasteiger partial charge < -0.3 is 14.8 Å². The van der Waals surface area contributed by atoms with E-state index in [0.29, 0.717) is 52.2 Å². The number of benzene rings is 3. The Morgan fingerprint density at radius 3 is 2.38 bits per heavy atom. The summed E-state index contributed by atoms with van der Waals surface area (Å²) < 4.78 is 11.2. The molecule has 160 valence electrons. The molecular formula is C25H19ClN2O4. The first kappa shape index (κ1) is 20.2. The summed E-state index contributed by atoms with van der Waals surface area (Å²) in [7, 11) is 0. The Morgan fingerprint density at radius 1 is 0.875 bits per heavy atom. The molecule has 1 N–H and O–H groups in total. The molecule has 2 aliphatic rings. The highest BCUT2D eigenvalue weighted by atomic mass is 35.5. The summed E-state index contributed by atoms with van der Waals surface area (Å²) in [5.41, 5.74) is 3.02. The highest BCUT2D eigenvalue weighted by Crippen LogP contribution is 2.37. The molecule has 0 aliphatic carbocycles. The molecule has 2 amide bonds. The summed E-state index contributed by atoms with van der Waals surface area (Å²) in [5, 5.41) is 3.63. The van der Waals surface area contributed by atoms with Crippen LogP contribution in [0.15, 0.2) is 72.4 Å². The number of carbonyl (C=O) groups excluding carboxylic acids is 2. The number of rotatable bonds is 4. The number of carbonyl (C=O) groups is 2. The van der Waals surface area contributed by atoms with Crippen LogP contribution in [0.5, 0.6) is 11.5 Å². The van der Waals surface area contributed by atoms with Crippen molar-refractivity contribution in [1.82, 2.24) is 0 Å². The molecule has 0 saturated carbocycles. The third-order valence-electron chi connectivity index (χ3n) is 5.37. The maximum Gasteiger partial charge on any atom is 0.282 e. The van der Waals surface area contributed by atoms with E-state index in [4.69, 9.17) is 21.1 Å². The summed E-state index contributed by atoms with van der Waals surface area (Å²) in [6, 6.07) is 19.6. The monoisotopic (exact) mass is 446 g/mol. The Labute approximate surface area is 190 Å². The lowest BCUT2D eigenvalue weighted by molar-refractivity contribution is -0.120. The van der Waals surface area contributed by atoms with Gasteiger partial charge in [0.1, 0.15) is 18.9 Å². The van der Waals surface area contributed by atoms with Crippen molar-refractivity contribution in [2.24, 2.45) is 0 Å². The second-order valence-electron chi connectivity index (χ2n) is 7.48. The summed E-state index contributed by atoms with van der Waals surface area (Å²) in [6.45, 7) is 2.81. The molecule has 0 spiro atoms. The van der Waals surface area contributed by atoms with Crippen molar-refractivity contribution in [3.8, 4) is 11.5 Å². The molecule has 2 heterocycles. The molecule has 0 atom stereocenters. The minimum atomic E-state index is -0.455. The molecule has 2 aliphatic heterocycles. The summed E-state index contributed by atoms with van der Waals surface area (Å²) in [5.74, 6) is 0.357. The molecule has 6 nitrogen and oxygen atoms in total. The van der Waals surface area contributed by atoms with E-state index in [0.717, 1.165) is 10.5 Å². The van der Waals surface area contributed by atoms with Crippen LogP contribution in [-0.2, 0) is 9.59 Å². The highest BCUT2D eigenvalue weighted by Gasteiger charge is 2.40. The zero-order valence-electron chi connectivity index (χ0n) is 17.2. The fourth-order valence-electron chi connectivity index (χ4n) is 3.74. The zero-order chi connectivity index (χ0) is 22.2. The quantitative estimate of drug-likeness (QED) is 0.582. The fraction of sp³-hybridized carbons (Fsp3) is 0.120. The van der Waals surface area contributed by atoms with Gasteiger partial charge in [0.15, 0.2) is 11.5 Å². The average Bonchev–Trinajstić information content (AvgIpc) is 3.05. The molecule has 0 saturated heterocycles. The van der Waals surface area contributed by atoms with Crippen LogP contribution in [-0.4, -0.2) is 25.0 Å². The zero-order valence-corrected chi connectivity index (χ0v) is 18.0. The van der Waals surface area contributed by atoms with Crippen LogP contribution in [0.1, 0.15) is 11.1 Å². The Balaban J connectivity index is 1.58. The van der Waals surface area contributed by atoms with Gasteiger partial charge in [-0.25, -0.2) is 4.90 Å². The van der Waals surface area contributed by atoms with Crippen molar-refractivity contribution in [2.75, 3.05) is 23.4 Å². The first-order chi connectivity index (χ1) is 15.5. The van der Waals surface area contributed by atoms with Crippen LogP contribution < -0.4 is 19.7 Å². The Bertz CT molecular complexity index is 1270. The van der Waals surface area contributed by atoms with E-state index in [2.05, 4.69) is 5.32 Å². The van der Waals surface area contributed by atoms with Crippen LogP contribution >= 0.6 is 11.6 Å². The van der Waals surface area contributed by atoms with Gasteiger partial charge in [0.25, 0.3) is 11.8 Å². The van der Waals surface area contributed by atoms with E-state index in [1.54, 1.807) is 48.5 Å². The molecule has 32 heavy (non-hydrogen) atoms. The predicted octanol–water partition coefficient (Wildman–Crippen LogP) is 4.82. The molecule has 3 aromatic rings. The van der Waals surface area contributed by atoms with Crippen LogP contribution in [0.4, 0.5) is 11.4 Å². The maximum absolute atomic E-state index is 13.5. The molecule has 0 aromatic heterocycles. The SMILES string of the molecule is Cc1ccc(N2C(=O)C(Nc3ccc4c(c3)OCCO4)=C(c3ccccc3)C2=O)cc1Cl. The Hall–Kier alpha value is -3.77. The lowest BCUT2D eigenvalue weighted by Crippen LogP contribution is -2.32. The first-order valence-corrected chi connectivity index (χ1v) is 10.5. The largest absolute Gasteiger partial charge is 0.486 e. The van der Waals surface area contributed by atoms with Crippen molar-refractivity contribution in [1.29, 1.82) is 0 Å². The van der Waals surface area contributed by atoms with E-state index >= 15 is 0 Å². The van der Waals surface area contributed by atoms with Gasteiger partial charge in [0.05, 0.1) is 11.3 Å². The van der Waals surface area contributed by atoms with Gasteiger partial charge in [-0.3, -0.25) is 9.59 Å². The van der Waals surface area contributed by atoms with E-state index in [1.807, 2.05) is 25.1 Å². The van der Waals surface area contributed by atoms with E-state index in [-0.39, 0.29) is 5.70 Å². The van der Waals surface area contributed by atoms with Gasteiger partial charge in [0.2, 0.25) is 0 Å². The van der Waals surface area contributed by atoms with Crippen molar-refractivity contribution in [3.05, 3.63) is 88.6 Å². The fourth-order valence-corrected chi connectivity index (χ4v) is 3.91. The second kappa shape index (κ2) is 8.05. The third kappa shape index (κ3) is 3.48. The average molecular weight is 447 g/mol. The summed E-state index contributed by atoms with van der Waals surface area (Å²) in [6.07, 6.45) is 0. The number of imide groups is 1. The van der Waals surface area contributed by atoms with Gasteiger partial charge in [-0.15, -0.1) is 0 Å². The van der Waals surface area contributed by atoms with Crippen LogP contribution in [0.25, 0.3) is 5.57 Å². The molecule has 0 radical (unpaired) electrons. The lowest BCUT2D eigenvalue weighted by Gasteiger charge is -2.19. The molecule has 5 rings (SSSR count). The third-order valence-corrected chi connectivity index (χ3v) is 5.78. The normalized spacial score (nSPS) is 15.4. The van der Waals surface area contributed by atoms with Gasteiger partial charge in [-0.1, -0.05) is 48.0 Å². The number of amides is 2. The number of nitrogens with zero attached hydrogens (tertiary/aromatic N) is 1. The van der Waals surface area contributed by atoms with E-state index in [1.165, 1.54) is 0 Å². The van der Waals surface area contributed by atoms with Gasteiger partial charge in [0, 0.05) is 16.8 Å². The van der Waals surface area contributed by atoms with Gasteiger partial charge in [-0.05, 0) is 42.3 Å². The number of hydrogen-bond acceptors (Lipinski definition) is 5.